The highest BCUT2D eigenvalue weighted by Crippen LogP contribution is 1.70. The van der Waals surface area contributed by atoms with Crippen molar-refractivity contribution in [3.05, 3.63) is 12.7 Å². The van der Waals surface area contributed by atoms with Gasteiger partial charge in [0.05, 0.1) is 6.67 Å². The van der Waals surface area contributed by atoms with Crippen molar-refractivity contribution in [2.45, 2.75) is 13.3 Å². The molecule has 5 nitrogen and oxygen atoms in total. The van der Waals surface area contributed by atoms with Gasteiger partial charge in [-0.2, -0.15) is 0 Å². The van der Waals surface area contributed by atoms with Gasteiger partial charge in [-0.25, -0.2) is 4.79 Å². The van der Waals surface area contributed by atoms with Crippen LogP contribution in [0.5, 0.6) is 0 Å². The first-order chi connectivity index (χ1) is 6.20. The number of urea groups is 1. The van der Waals surface area contributed by atoms with E-state index < -0.39 is 0 Å². The zero-order valence-corrected chi connectivity index (χ0v) is 7.72. The first kappa shape index (κ1) is 11.5. The second-order valence-corrected chi connectivity index (χ2v) is 2.35. The first-order valence-corrected chi connectivity index (χ1v) is 4.12. The fourth-order valence-electron chi connectivity index (χ4n) is 0.585. The van der Waals surface area contributed by atoms with Crippen LogP contribution in [0.25, 0.3) is 0 Å². The number of hydrogen-bond donors (Lipinski definition) is 3. The summed E-state index contributed by atoms with van der Waals surface area (Å²) >= 11 is 0. The van der Waals surface area contributed by atoms with E-state index in [9.17, 15) is 9.59 Å². The van der Waals surface area contributed by atoms with E-state index in [1.807, 2.05) is 6.92 Å². The van der Waals surface area contributed by atoms with Gasteiger partial charge in [-0.3, -0.25) is 4.79 Å². The van der Waals surface area contributed by atoms with Crippen molar-refractivity contribution in [2.75, 3.05) is 13.2 Å². The molecule has 0 radical (unpaired) electrons. The normalized spacial score (nSPS) is 8.69. The van der Waals surface area contributed by atoms with E-state index in [0.717, 1.165) is 12.5 Å². The Hall–Kier alpha value is -1.52. The Labute approximate surface area is 77.6 Å². The molecule has 0 fully saturated rings. The van der Waals surface area contributed by atoms with Crippen LogP contribution in [-0.4, -0.2) is 25.2 Å². The van der Waals surface area contributed by atoms with Crippen molar-refractivity contribution in [1.82, 2.24) is 16.0 Å². The van der Waals surface area contributed by atoms with Crippen molar-refractivity contribution in [2.24, 2.45) is 0 Å². The molecule has 74 valence electrons. The van der Waals surface area contributed by atoms with Gasteiger partial charge < -0.3 is 16.0 Å². The van der Waals surface area contributed by atoms with E-state index in [-0.39, 0.29) is 18.6 Å². The molecule has 3 amide bonds. The standard InChI is InChI=1S/C8H15N3O2/c1-3-5-9-8(13)11-6-10-7(12)4-2/h4H,2-3,5-6H2,1H3,(H,10,12)(H2,9,11,13). The number of rotatable bonds is 5. The number of nitrogens with one attached hydrogen (secondary N) is 3. The Kier molecular flexibility index (Phi) is 6.31. The molecule has 0 atom stereocenters. The van der Waals surface area contributed by atoms with Crippen LogP contribution in [0.3, 0.4) is 0 Å². The Morgan fingerprint density at radius 1 is 1.31 bits per heavy atom. The molecule has 0 aliphatic rings. The molecular formula is C8H15N3O2. The smallest absolute Gasteiger partial charge is 0.316 e. The summed E-state index contributed by atoms with van der Waals surface area (Å²) in [6.45, 7) is 5.96. The van der Waals surface area contributed by atoms with Crippen LogP contribution in [0, 0.1) is 0 Å². The summed E-state index contributed by atoms with van der Waals surface area (Å²) in [7, 11) is 0. The maximum atomic E-state index is 10.9. The molecule has 0 rings (SSSR count). The predicted molar refractivity (Wildman–Crippen MR) is 50.0 cm³/mol. The molecule has 0 aliphatic carbocycles. The molecule has 0 unspecified atom stereocenters. The molecule has 0 bridgehead atoms. The molecule has 0 heterocycles. The van der Waals surface area contributed by atoms with Crippen LogP contribution < -0.4 is 16.0 Å². The van der Waals surface area contributed by atoms with E-state index in [1.165, 1.54) is 0 Å². The fraction of sp³-hybridized carbons (Fsp3) is 0.500. The SMILES string of the molecule is C=CC(=O)NCNC(=O)NCCC. The highest BCUT2D eigenvalue weighted by Gasteiger charge is 1.97. The summed E-state index contributed by atoms with van der Waals surface area (Å²) in [4.78, 5) is 21.5. The average molecular weight is 185 g/mol. The number of carbonyl (C=O) groups excluding carboxylic acids is 2. The Morgan fingerprint density at radius 3 is 2.54 bits per heavy atom. The van der Waals surface area contributed by atoms with E-state index in [4.69, 9.17) is 0 Å². The van der Waals surface area contributed by atoms with Crippen molar-refractivity contribution in [3.8, 4) is 0 Å². The molecular weight excluding hydrogens is 170 g/mol. The minimum absolute atomic E-state index is 0.112. The summed E-state index contributed by atoms with van der Waals surface area (Å²) in [6.07, 6.45) is 2.03. The highest BCUT2D eigenvalue weighted by molar-refractivity contribution is 5.87. The average Bonchev–Trinajstić information content (AvgIpc) is 2.14. The molecule has 5 heteroatoms. The Balaban J connectivity index is 3.36. The third-order valence-corrected chi connectivity index (χ3v) is 1.23. The number of amides is 3. The van der Waals surface area contributed by atoms with Gasteiger partial charge in [0.15, 0.2) is 0 Å². The zero-order chi connectivity index (χ0) is 10.1. The zero-order valence-electron chi connectivity index (χ0n) is 7.72. The van der Waals surface area contributed by atoms with Crippen molar-refractivity contribution < 1.29 is 9.59 Å². The Morgan fingerprint density at radius 2 is 2.00 bits per heavy atom. The van der Waals surface area contributed by atoms with Crippen molar-refractivity contribution in [1.29, 1.82) is 0 Å². The number of carbonyl (C=O) groups is 2. The summed E-state index contributed by atoms with van der Waals surface area (Å²) in [5.74, 6) is -0.309. The molecule has 3 N–H and O–H groups in total. The molecule has 0 aromatic rings. The summed E-state index contributed by atoms with van der Waals surface area (Å²) in [5.41, 5.74) is 0. The van der Waals surface area contributed by atoms with Crippen molar-refractivity contribution in [3.63, 3.8) is 0 Å². The minimum Gasteiger partial charge on any atom is -0.338 e. The third kappa shape index (κ3) is 6.86. The molecule has 13 heavy (non-hydrogen) atoms. The lowest BCUT2D eigenvalue weighted by Crippen LogP contribution is -2.42. The molecule has 0 saturated carbocycles. The molecule has 0 saturated heterocycles. The van der Waals surface area contributed by atoms with Gasteiger partial charge in [-0.1, -0.05) is 13.5 Å². The van der Waals surface area contributed by atoms with Crippen LogP contribution >= 0.6 is 0 Å². The van der Waals surface area contributed by atoms with E-state index in [0.29, 0.717) is 6.54 Å². The maximum Gasteiger partial charge on any atom is 0.316 e. The Bertz CT molecular complexity index is 192. The number of hydrogen-bond acceptors (Lipinski definition) is 2. The lowest BCUT2D eigenvalue weighted by atomic mass is 10.5. The predicted octanol–water partition coefficient (Wildman–Crippen LogP) is -0.0447. The second-order valence-electron chi connectivity index (χ2n) is 2.35. The lowest BCUT2D eigenvalue weighted by Gasteiger charge is -2.06. The van der Waals surface area contributed by atoms with E-state index in [1.54, 1.807) is 0 Å². The summed E-state index contributed by atoms with van der Waals surface area (Å²) in [6, 6.07) is -0.286. The first-order valence-electron chi connectivity index (χ1n) is 4.12. The molecule has 0 aliphatic heterocycles. The topological polar surface area (TPSA) is 70.2 Å². The van der Waals surface area contributed by atoms with Gasteiger partial charge in [0, 0.05) is 6.54 Å². The van der Waals surface area contributed by atoms with Crippen LogP contribution in [0.4, 0.5) is 4.79 Å². The van der Waals surface area contributed by atoms with Gasteiger partial charge in [0.25, 0.3) is 0 Å². The molecule has 0 spiro atoms. The fourth-order valence-corrected chi connectivity index (χ4v) is 0.585. The second kappa shape index (κ2) is 7.15. The minimum atomic E-state index is -0.309. The largest absolute Gasteiger partial charge is 0.338 e. The summed E-state index contributed by atoms with van der Waals surface area (Å²) in [5, 5.41) is 7.46. The van der Waals surface area contributed by atoms with E-state index >= 15 is 0 Å². The van der Waals surface area contributed by atoms with Crippen LogP contribution in [0.15, 0.2) is 12.7 Å². The van der Waals surface area contributed by atoms with Crippen molar-refractivity contribution >= 4 is 11.9 Å². The van der Waals surface area contributed by atoms with Crippen LogP contribution in [0.1, 0.15) is 13.3 Å². The highest BCUT2D eigenvalue weighted by atomic mass is 16.2. The lowest BCUT2D eigenvalue weighted by molar-refractivity contribution is -0.116. The van der Waals surface area contributed by atoms with Crippen LogP contribution in [-0.2, 0) is 4.79 Å². The van der Waals surface area contributed by atoms with Gasteiger partial charge >= 0.3 is 6.03 Å². The van der Waals surface area contributed by atoms with Gasteiger partial charge in [-0.05, 0) is 12.5 Å². The monoisotopic (exact) mass is 185 g/mol. The third-order valence-electron chi connectivity index (χ3n) is 1.23. The summed E-state index contributed by atoms with van der Waals surface area (Å²) < 4.78 is 0. The molecule has 0 aromatic carbocycles. The maximum absolute atomic E-state index is 10.9. The molecule has 0 aromatic heterocycles. The van der Waals surface area contributed by atoms with Gasteiger partial charge in [0.1, 0.15) is 0 Å². The quantitative estimate of drug-likeness (QED) is 0.415. The van der Waals surface area contributed by atoms with Gasteiger partial charge in [-0.15, -0.1) is 0 Å². The van der Waals surface area contributed by atoms with E-state index in [2.05, 4.69) is 22.5 Å². The van der Waals surface area contributed by atoms with Crippen LogP contribution in [0.2, 0.25) is 0 Å². The van der Waals surface area contributed by atoms with Gasteiger partial charge in [0.2, 0.25) is 5.91 Å².